The molecule has 1 aliphatic rings. The summed E-state index contributed by atoms with van der Waals surface area (Å²) in [4.78, 5) is 40.7. The topological polar surface area (TPSA) is 110 Å². The number of rotatable bonds is 6. The zero-order valence-electron chi connectivity index (χ0n) is 22.2. The van der Waals surface area contributed by atoms with E-state index in [2.05, 4.69) is 49.2 Å². The first-order valence-corrected chi connectivity index (χ1v) is 13.0. The smallest absolute Gasteiger partial charge is 0.278 e. The number of piperazine rings is 1. The lowest BCUT2D eigenvalue weighted by atomic mass is 10.2. The number of hydrogen-bond donors (Lipinski definition) is 1. The van der Waals surface area contributed by atoms with Crippen LogP contribution in [0.15, 0.2) is 72.0 Å². The van der Waals surface area contributed by atoms with Crippen LogP contribution in [0, 0.1) is 0 Å². The van der Waals surface area contributed by atoms with Crippen LogP contribution in [0.4, 0.5) is 17.3 Å². The van der Waals surface area contributed by atoms with Gasteiger partial charge in [0.2, 0.25) is 5.95 Å². The predicted molar refractivity (Wildman–Crippen MR) is 152 cm³/mol. The molecule has 39 heavy (non-hydrogen) atoms. The van der Waals surface area contributed by atoms with Crippen LogP contribution in [0.2, 0.25) is 0 Å². The average Bonchev–Trinajstić information content (AvgIpc) is 3.26. The standard InChI is InChI=1S/C28H30N10O/c1-19(2)37-27(39)22-17-31-28(32-20-7-9-21(10-8-20)36-15-13-35(3)14-16-36)34-26(22)38(37)25-6-4-5-23(33-25)24-18-29-11-12-30-24/h4-12,17-19H,13-16H2,1-3H3,(H,31,32,34). The molecule has 0 unspecified atom stereocenters. The molecule has 11 nitrogen and oxygen atoms in total. The van der Waals surface area contributed by atoms with E-state index in [1.807, 2.05) is 44.2 Å². The molecule has 4 aromatic heterocycles. The molecule has 0 amide bonds. The minimum absolute atomic E-state index is 0.132. The van der Waals surface area contributed by atoms with E-state index in [1.54, 1.807) is 34.2 Å². The Kier molecular flexibility index (Phi) is 6.49. The Labute approximate surface area is 225 Å². The van der Waals surface area contributed by atoms with Gasteiger partial charge in [0.25, 0.3) is 5.56 Å². The fraction of sp³-hybridized carbons (Fsp3) is 0.286. The van der Waals surface area contributed by atoms with Crippen LogP contribution in [0.5, 0.6) is 0 Å². The number of fused-ring (bicyclic) bond motifs is 1. The summed E-state index contributed by atoms with van der Waals surface area (Å²) >= 11 is 0. The summed E-state index contributed by atoms with van der Waals surface area (Å²) in [6.07, 6.45) is 6.48. The second-order valence-corrected chi connectivity index (χ2v) is 9.92. The van der Waals surface area contributed by atoms with Crippen LogP contribution in [0.25, 0.3) is 28.2 Å². The molecule has 5 heterocycles. The van der Waals surface area contributed by atoms with Crippen molar-refractivity contribution < 1.29 is 0 Å². The van der Waals surface area contributed by atoms with Crippen molar-refractivity contribution >= 4 is 28.4 Å². The minimum atomic E-state index is -0.171. The molecular formula is C28H30N10O. The molecule has 0 radical (unpaired) electrons. The second-order valence-electron chi connectivity index (χ2n) is 9.92. The Morgan fingerprint density at radius 2 is 1.67 bits per heavy atom. The summed E-state index contributed by atoms with van der Waals surface area (Å²) in [5, 5.41) is 3.72. The highest BCUT2D eigenvalue weighted by molar-refractivity contribution is 5.77. The van der Waals surface area contributed by atoms with Crippen molar-refractivity contribution in [3.63, 3.8) is 0 Å². The Balaban J connectivity index is 1.36. The maximum absolute atomic E-state index is 13.4. The molecule has 11 heteroatoms. The third-order valence-corrected chi connectivity index (χ3v) is 6.88. The predicted octanol–water partition coefficient (Wildman–Crippen LogP) is 3.51. The summed E-state index contributed by atoms with van der Waals surface area (Å²) < 4.78 is 3.41. The first-order valence-electron chi connectivity index (χ1n) is 13.0. The van der Waals surface area contributed by atoms with Gasteiger partial charge in [0.15, 0.2) is 11.5 Å². The highest BCUT2D eigenvalue weighted by Gasteiger charge is 2.21. The van der Waals surface area contributed by atoms with Crippen molar-refractivity contribution in [2.75, 3.05) is 43.4 Å². The van der Waals surface area contributed by atoms with Crippen LogP contribution < -0.4 is 15.8 Å². The number of nitrogens with one attached hydrogen (secondary N) is 1. The quantitative estimate of drug-likeness (QED) is 0.358. The van der Waals surface area contributed by atoms with Gasteiger partial charge < -0.3 is 15.1 Å². The van der Waals surface area contributed by atoms with Crippen molar-refractivity contribution in [3.8, 4) is 17.2 Å². The van der Waals surface area contributed by atoms with Crippen molar-refractivity contribution in [2.45, 2.75) is 19.9 Å². The van der Waals surface area contributed by atoms with Gasteiger partial charge in [0, 0.05) is 62.2 Å². The van der Waals surface area contributed by atoms with Gasteiger partial charge in [-0.05, 0) is 57.3 Å². The number of hydrogen-bond acceptors (Lipinski definition) is 9. The molecular weight excluding hydrogens is 492 g/mol. The summed E-state index contributed by atoms with van der Waals surface area (Å²) in [6.45, 7) is 8.05. The number of nitrogens with zero attached hydrogens (tertiary/aromatic N) is 9. The maximum atomic E-state index is 13.4. The Morgan fingerprint density at radius 3 is 2.38 bits per heavy atom. The van der Waals surface area contributed by atoms with E-state index in [1.165, 1.54) is 5.69 Å². The lowest BCUT2D eigenvalue weighted by molar-refractivity contribution is 0.313. The first-order chi connectivity index (χ1) is 19.0. The van der Waals surface area contributed by atoms with E-state index in [0.29, 0.717) is 34.2 Å². The Hall–Kier alpha value is -4.64. The largest absolute Gasteiger partial charge is 0.369 e. The number of anilines is 3. The Morgan fingerprint density at radius 1 is 0.872 bits per heavy atom. The minimum Gasteiger partial charge on any atom is -0.369 e. The molecule has 5 aromatic rings. The van der Waals surface area contributed by atoms with Crippen LogP contribution in [-0.4, -0.2) is 72.4 Å². The molecule has 1 aromatic carbocycles. The fourth-order valence-corrected chi connectivity index (χ4v) is 4.81. The van der Waals surface area contributed by atoms with Gasteiger partial charge in [-0.2, -0.15) is 4.98 Å². The highest BCUT2D eigenvalue weighted by atomic mass is 16.1. The van der Waals surface area contributed by atoms with Gasteiger partial charge in [-0.15, -0.1) is 0 Å². The van der Waals surface area contributed by atoms with Gasteiger partial charge in [0.1, 0.15) is 11.1 Å². The molecule has 0 aliphatic carbocycles. The SMILES string of the molecule is CC(C)n1c(=O)c2cnc(Nc3ccc(N4CCN(C)CC4)cc3)nc2n1-c1cccc(-c2cnccn2)n1. The molecule has 6 rings (SSSR count). The Bertz CT molecular complexity index is 1650. The fourth-order valence-electron chi connectivity index (χ4n) is 4.81. The van der Waals surface area contributed by atoms with Crippen molar-refractivity contribution in [1.29, 1.82) is 0 Å². The molecule has 1 aliphatic heterocycles. The van der Waals surface area contributed by atoms with Crippen molar-refractivity contribution in [3.05, 3.63) is 77.6 Å². The molecule has 0 saturated carbocycles. The molecule has 0 spiro atoms. The van der Waals surface area contributed by atoms with Crippen LogP contribution in [-0.2, 0) is 0 Å². The molecule has 0 atom stereocenters. The van der Waals surface area contributed by atoms with Gasteiger partial charge in [-0.1, -0.05) is 6.07 Å². The zero-order chi connectivity index (χ0) is 26.9. The van der Waals surface area contributed by atoms with Gasteiger partial charge in [0.05, 0.1) is 11.9 Å². The average molecular weight is 523 g/mol. The summed E-state index contributed by atoms with van der Waals surface area (Å²) in [5.41, 5.74) is 3.66. The monoisotopic (exact) mass is 522 g/mol. The van der Waals surface area contributed by atoms with Crippen LogP contribution in [0.1, 0.15) is 19.9 Å². The van der Waals surface area contributed by atoms with Crippen molar-refractivity contribution in [1.82, 2.24) is 39.2 Å². The molecule has 0 bridgehead atoms. The van der Waals surface area contributed by atoms with Crippen LogP contribution in [0.3, 0.4) is 0 Å². The number of benzene rings is 1. The van der Waals surface area contributed by atoms with Gasteiger partial charge in [-0.3, -0.25) is 14.8 Å². The highest BCUT2D eigenvalue weighted by Crippen LogP contribution is 2.24. The molecule has 1 N–H and O–H groups in total. The van der Waals surface area contributed by atoms with E-state index in [4.69, 9.17) is 9.97 Å². The summed E-state index contributed by atoms with van der Waals surface area (Å²) in [6, 6.07) is 13.7. The van der Waals surface area contributed by atoms with E-state index in [0.717, 1.165) is 31.9 Å². The van der Waals surface area contributed by atoms with E-state index in [9.17, 15) is 4.79 Å². The number of aromatic nitrogens is 7. The van der Waals surface area contributed by atoms with Crippen molar-refractivity contribution in [2.24, 2.45) is 0 Å². The maximum Gasteiger partial charge on any atom is 0.278 e. The number of pyridine rings is 1. The lowest BCUT2D eigenvalue weighted by Gasteiger charge is -2.34. The lowest BCUT2D eigenvalue weighted by Crippen LogP contribution is -2.44. The van der Waals surface area contributed by atoms with Crippen LogP contribution >= 0.6 is 0 Å². The van der Waals surface area contributed by atoms with E-state index < -0.39 is 0 Å². The normalized spacial score (nSPS) is 14.3. The van der Waals surface area contributed by atoms with Gasteiger partial charge in [-0.25, -0.2) is 19.3 Å². The third-order valence-electron chi connectivity index (χ3n) is 6.88. The third kappa shape index (κ3) is 4.84. The molecule has 198 valence electrons. The van der Waals surface area contributed by atoms with E-state index in [-0.39, 0.29) is 11.6 Å². The summed E-state index contributed by atoms with van der Waals surface area (Å²) in [5.74, 6) is 0.953. The zero-order valence-corrected chi connectivity index (χ0v) is 22.2. The van der Waals surface area contributed by atoms with E-state index >= 15 is 0 Å². The summed E-state index contributed by atoms with van der Waals surface area (Å²) in [7, 11) is 2.15. The number of likely N-dealkylation sites (N-methyl/N-ethyl adjacent to an activating group) is 1. The second kappa shape index (κ2) is 10.3. The van der Waals surface area contributed by atoms with Gasteiger partial charge >= 0.3 is 0 Å². The first kappa shape index (κ1) is 24.7. The molecule has 1 saturated heterocycles. The molecule has 1 fully saturated rings.